The molecule has 10 heteroatoms. The van der Waals surface area contributed by atoms with Crippen molar-refractivity contribution in [2.75, 3.05) is 5.32 Å². The molecule has 0 amide bonds. The van der Waals surface area contributed by atoms with Gasteiger partial charge in [-0.2, -0.15) is 5.26 Å². The number of non-ortho nitro benzene ring substituents is 1. The first kappa shape index (κ1) is 19.9. The van der Waals surface area contributed by atoms with Crippen molar-refractivity contribution in [2.45, 2.75) is 0 Å². The van der Waals surface area contributed by atoms with E-state index in [1.165, 1.54) is 42.6 Å². The van der Waals surface area contributed by atoms with Crippen molar-refractivity contribution in [3.63, 3.8) is 0 Å². The van der Waals surface area contributed by atoms with Gasteiger partial charge in [0.15, 0.2) is 0 Å². The van der Waals surface area contributed by atoms with Gasteiger partial charge in [0.2, 0.25) is 0 Å². The zero-order valence-corrected chi connectivity index (χ0v) is 16.4. The highest BCUT2D eigenvalue weighted by Gasteiger charge is 2.15. The number of nitro groups is 1. The number of halogens is 1. The Morgan fingerprint density at radius 1 is 1.29 bits per heavy atom. The Morgan fingerprint density at radius 2 is 2.10 bits per heavy atom. The summed E-state index contributed by atoms with van der Waals surface area (Å²) in [6, 6.07) is 13.4. The summed E-state index contributed by atoms with van der Waals surface area (Å²) < 4.78 is 19.0. The van der Waals surface area contributed by atoms with Gasteiger partial charge in [-0.15, -0.1) is 11.3 Å². The summed E-state index contributed by atoms with van der Waals surface area (Å²) in [6.45, 7) is 0. The molecule has 0 unspecified atom stereocenters. The Balaban J connectivity index is 1.69. The highest BCUT2D eigenvalue weighted by molar-refractivity contribution is 7.11. The molecule has 4 aromatic rings. The van der Waals surface area contributed by atoms with Crippen LogP contribution in [0, 0.1) is 27.3 Å². The second-order valence-corrected chi connectivity index (χ2v) is 7.12. The lowest BCUT2D eigenvalue weighted by Crippen LogP contribution is -2.03. The van der Waals surface area contributed by atoms with Crippen LogP contribution in [0.2, 0.25) is 0 Å². The first-order valence-electron chi connectivity index (χ1n) is 8.76. The third-order valence-electron chi connectivity index (χ3n) is 4.30. The van der Waals surface area contributed by atoms with Crippen molar-refractivity contribution in [2.24, 2.45) is 0 Å². The molecule has 0 bridgehead atoms. The van der Waals surface area contributed by atoms with Gasteiger partial charge in [-0.05, 0) is 24.3 Å². The number of rotatable bonds is 5. The van der Waals surface area contributed by atoms with E-state index in [0.717, 1.165) is 11.3 Å². The molecule has 0 aliphatic heterocycles. The predicted octanol–water partition coefficient (Wildman–Crippen LogP) is 4.94. The number of hydrogen-bond acceptors (Lipinski definition) is 8. The van der Waals surface area contributed by atoms with Crippen molar-refractivity contribution in [3.05, 3.63) is 91.5 Å². The second kappa shape index (κ2) is 8.17. The molecule has 0 radical (unpaired) electrons. The number of anilines is 1. The Hall–Kier alpha value is -4.36. The van der Waals surface area contributed by atoms with Crippen LogP contribution in [0.5, 0.6) is 0 Å². The van der Waals surface area contributed by atoms with Gasteiger partial charge in [0, 0.05) is 29.1 Å². The molecule has 152 valence electrons. The van der Waals surface area contributed by atoms with Gasteiger partial charge in [0.05, 0.1) is 21.9 Å². The molecular formula is C21H11FN4O4S. The fourth-order valence-electron chi connectivity index (χ4n) is 2.79. The summed E-state index contributed by atoms with van der Waals surface area (Å²) in [6.07, 6.45) is 1.33. The summed E-state index contributed by atoms with van der Waals surface area (Å²) in [5.41, 5.74) is 0.111. The molecule has 31 heavy (non-hydrogen) atoms. The third-order valence-corrected chi connectivity index (χ3v) is 5.18. The van der Waals surface area contributed by atoms with Crippen LogP contribution in [0.3, 0.4) is 0 Å². The van der Waals surface area contributed by atoms with E-state index in [-0.39, 0.29) is 33.8 Å². The Labute approximate surface area is 177 Å². The molecule has 4 rings (SSSR count). The van der Waals surface area contributed by atoms with E-state index >= 15 is 0 Å². The average molecular weight is 434 g/mol. The topological polar surface area (TPSA) is 122 Å². The van der Waals surface area contributed by atoms with Crippen molar-refractivity contribution < 1.29 is 13.7 Å². The quantitative estimate of drug-likeness (QED) is 0.204. The molecule has 0 aliphatic rings. The van der Waals surface area contributed by atoms with Gasteiger partial charge in [0.1, 0.15) is 28.1 Å². The highest BCUT2D eigenvalue weighted by Crippen LogP contribution is 2.28. The van der Waals surface area contributed by atoms with Crippen LogP contribution < -0.4 is 10.9 Å². The number of benzene rings is 2. The molecule has 0 aliphatic carbocycles. The predicted molar refractivity (Wildman–Crippen MR) is 114 cm³/mol. The smallest absolute Gasteiger partial charge is 0.345 e. The zero-order valence-electron chi connectivity index (χ0n) is 15.5. The molecule has 2 aromatic heterocycles. The molecular weight excluding hydrogens is 423 g/mol. The van der Waals surface area contributed by atoms with Crippen LogP contribution in [0.15, 0.2) is 69.3 Å². The van der Waals surface area contributed by atoms with Gasteiger partial charge in [-0.3, -0.25) is 10.1 Å². The molecule has 0 atom stereocenters. The lowest BCUT2D eigenvalue weighted by atomic mass is 10.1. The van der Waals surface area contributed by atoms with Crippen LogP contribution in [-0.4, -0.2) is 9.91 Å². The van der Waals surface area contributed by atoms with E-state index in [4.69, 9.17) is 4.42 Å². The first-order chi connectivity index (χ1) is 15.0. The summed E-state index contributed by atoms with van der Waals surface area (Å²) in [4.78, 5) is 27.1. The summed E-state index contributed by atoms with van der Waals surface area (Å²) in [7, 11) is 0. The fourth-order valence-corrected chi connectivity index (χ4v) is 3.58. The van der Waals surface area contributed by atoms with Gasteiger partial charge in [0.25, 0.3) is 5.69 Å². The van der Waals surface area contributed by atoms with Gasteiger partial charge in [-0.1, -0.05) is 12.1 Å². The number of nitriles is 1. The average Bonchev–Trinajstić information content (AvgIpc) is 3.24. The van der Waals surface area contributed by atoms with Gasteiger partial charge >= 0.3 is 5.63 Å². The van der Waals surface area contributed by atoms with E-state index < -0.39 is 16.4 Å². The van der Waals surface area contributed by atoms with Crippen LogP contribution in [0.25, 0.3) is 27.8 Å². The fraction of sp³-hybridized carbons (Fsp3) is 0. The number of hydrogen-bond donors (Lipinski definition) is 1. The summed E-state index contributed by atoms with van der Waals surface area (Å²) in [5.74, 6) is -0.473. The van der Waals surface area contributed by atoms with Crippen LogP contribution >= 0.6 is 11.3 Å². The number of nitrogens with one attached hydrogen (secondary N) is 1. The Kier molecular flexibility index (Phi) is 5.26. The number of fused-ring (bicyclic) bond motifs is 1. The largest absolute Gasteiger partial charge is 0.422 e. The Morgan fingerprint density at radius 3 is 2.84 bits per heavy atom. The second-order valence-electron chi connectivity index (χ2n) is 6.26. The SMILES string of the molecule is N#C/C(=C\Nc1ccccc1F)c1nc(-c2cc3cc([N+](=O)[O-])ccc3oc2=O)cs1. The number of nitrogens with zero attached hydrogens (tertiary/aromatic N) is 3. The molecule has 0 fully saturated rings. The molecule has 1 N–H and O–H groups in total. The van der Waals surface area contributed by atoms with Crippen molar-refractivity contribution in [3.8, 4) is 17.3 Å². The van der Waals surface area contributed by atoms with Crippen molar-refractivity contribution >= 4 is 39.3 Å². The van der Waals surface area contributed by atoms with E-state index in [9.17, 15) is 24.6 Å². The zero-order chi connectivity index (χ0) is 22.0. The summed E-state index contributed by atoms with van der Waals surface area (Å²) in [5, 5.41) is 25.4. The maximum Gasteiger partial charge on any atom is 0.345 e. The molecule has 2 aromatic carbocycles. The molecule has 8 nitrogen and oxygen atoms in total. The van der Waals surface area contributed by atoms with Crippen molar-refractivity contribution in [1.29, 1.82) is 5.26 Å². The minimum Gasteiger partial charge on any atom is -0.422 e. The molecule has 0 saturated carbocycles. The van der Waals surface area contributed by atoms with Gasteiger partial charge < -0.3 is 9.73 Å². The molecule has 2 heterocycles. The van der Waals surface area contributed by atoms with Gasteiger partial charge in [-0.25, -0.2) is 14.2 Å². The minimum atomic E-state index is -0.662. The standard InChI is InChI=1S/C21H11FN4O4S/c22-16-3-1-2-4-17(16)24-10-13(9-23)20-25-18(11-31-20)15-8-12-7-14(26(28)29)5-6-19(12)30-21(15)27/h1-8,10-11,24H/b13-10+. The highest BCUT2D eigenvalue weighted by atomic mass is 32.1. The molecule has 0 spiro atoms. The normalized spacial score (nSPS) is 11.3. The number of allylic oxidation sites excluding steroid dienone is 1. The van der Waals surface area contributed by atoms with Crippen molar-refractivity contribution in [1.82, 2.24) is 4.98 Å². The van der Waals surface area contributed by atoms with E-state index in [1.807, 2.05) is 6.07 Å². The molecule has 0 saturated heterocycles. The van der Waals surface area contributed by atoms with Crippen LogP contribution in [0.1, 0.15) is 5.01 Å². The lowest BCUT2D eigenvalue weighted by molar-refractivity contribution is -0.384. The number of para-hydroxylation sites is 1. The number of thiazole rings is 1. The minimum absolute atomic E-state index is 0.106. The first-order valence-corrected chi connectivity index (χ1v) is 9.64. The van der Waals surface area contributed by atoms with E-state index in [1.54, 1.807) is 17.5 Å². The number of aromatic nitrogens is 1. The van der Waals surface area contributed by atoms with E-state index in [0.29, 0.717) is 10.4 Å². The van der Waals surface area contributed by atoms with Crippen LogP contribution in [-0.2, 0) is 0 Å². The summed E-state index contributed by atoms with van der Waals surface area (Å²) >= 11 is 1.11. The lowest BCUT2D eigenvalue weighted by Gasteiger charge is -2.02. The Bertz CT molecular complexity index is 1450. The maximum atomic E-state index is 13.7. The maximum absolute atomic E-state index is 13.7. The van der Waals surface area contributed by atoms with Crippen LogP contribution in [0.4, 0.5) is 15.8 Å². The van der Waals surface area contributed by atoms with E-state index in [2.05, 4.69) is 10.3 Å². The number of nitro benzene ring substituents is 1. The monoisotopic (exact) mass is 434 g/mol. The third kappa shape index (κ3) is 4.03.